The quantitative estimate of drug-likeness (QED) is 0.329. The Labute approximate surface area is 233 Å². The molecule has 0 radical (unpaired) electrons. The fourth-order valence-corrected chi connectivity index (χ4v) is 5.02. The minimum absolute atomic E-state index is 0.0170. The van der Waals surface area contributed by atoms with Gasteiger partial charge in [-0.25, -0.2) is 9.78 Å². The van der Waals surface area contributed by atoms with Crippen LogP contribution in [0.2, 0.25) is 0 Å². The zero-order valence-corrected chi connectivity index (χ0v) is 22.6. The van der Waals surface area contributed by atoms with Crippen molar-refractivity contribution in [1.82, 2.24) is 25.1 Å². The topological polar surface area (TPSA) is 121 Å². The van der Waals surface area contributed by atoms with Gasteiger partial charge < -0.3 is 15.4 Å². The van der Waals surface area contributed by atoms with Gasteiger partial charge in [0.15, 0.2) is 0 Å². The summed E-state index contributed by atoms with van der Waals surface area (Å²) >= 11 is 0. The summed E-state index contributed by atoms with van der Waals surface area (Å²) < 4.78 is 7.06. The number of pyridine rings is 2. The minimum Gasteiger partial charge on any atom is -0.497 e. The van der Waals surface area contributed by atoms with Crippen molar-refractivity contribution in [2.24, 2.45) is 7.05 Å². The normalized spacial score (nSPS) is 16.5. The van der Waals surface area contributed by atoms with Crippen LogP contribution in [-0.2, 0) is 13.6 Å². The maximum absolute atomic E-state index is 13.7. The summed E-state index contributed by atoms with van der Waals surface area (Å²) in [6, 6.07) is 17.3. The molecular formula is C30H32N8O2. The Hall–Kier alpha value is -4.91. The molecule has 0 saturated heterocycles. The average Bonchev–Trinajstić information content (AvgIpc) is 3.44. The first kappa shape index (κ1) is 26.7. The third-order valence-electron chi connectivity index (χ3n) is 7.13. The van der Waals surface area contributed by atoms with Crippen molar-refractivity contribution in [3.05, 3.63) is 84.4 Å². The lowest BCUT2D eigenvalue weighted by Crippen LogP contribution is -2.48. The van der Waals surface area contributed by atoms with E-state index >= 15 is 0 Å². The molecule has 10 heteroatoms. The highest BCUT2D eigenvalue weighted by molar-refractivity contribution is 5.92. The number of benzene rings is 1. The highest BCUT2D eigenvalue weighted by atomic mass is 16.5. The molecule has 2 N–H and O–H groups in total. The number of aromatic nitrogens is 4. The second kappa shape index (κ2) is 12.3. The van der Waals surface area contributed by atoms with Crippen LogP contribution in [0.1, 0.15) is 36.8 Å². The smallest absolute Gasteiger partial charge is 0.322 e. The highest BCUT2D eigenvalue weighted by Crippen LogP contribution is 2.30. The molecule has 0 unspecified atom stereocenters. The molecule has 1 aromatic carbocycles. The standard InChI is InChI=1S/C30H32N8O2/c1-37-20-23(18-35-37)28-12-11-26(19-32-28)38(30(39)34-16-21-4-3-5-27(14-21)40-2)25-9-7-24(8-10-25)36-29-13-6-22(15-31)17-33-29/h3-6,11-14,17-20,24-25H,7-10,16H2,1-2H3,(H,33,36)(H,34,39)/t24-,25-. The van der Waals surface area contributed by atoms with Crippen LogP contribution in [0.3, 0.4) is 0 Å². The fraction of sp³-hybridized carbons (Fsp3) is 0.300. The number of carbonyl (C=O) groups is 1. The maximum atomic E-state index is 13.7. The SMILES string of the molecule is COc1cccc(CNC(=O)N(c2ccc(-c3cnn(C)c3)nc2)[C@H]2CC[C@H](Nc3ccc(C#N)cn3)CC2)c1. The minimum atomic E-state index is -0.163. The van der Waals surface area contributed by atoms with Crippen molar-refractivity contribution in [2.45, 2.75) is 44.3 Å². The summed E-state index contributed by atoms with van der Waals surface area (Å²) in [5.41, 5.74) is 3.97. The number of ether oxygens (including phenoxy) is 1. The Morgan fingerprint density at radius 1 is 1.10 bits per heavy atom. The number of carbonyl (C=O) groups excluding carboxylic acids is 1. The van der Waals surface area contributed by atoms with E-state index in [1.54, 1.807) is 36.4 Å². The number of amides is 2. The number of methoxy groups -OCH3 is 1. The van der Waals surface area contributed by atoms with Gasteiger partial charge in [-0.05, 0) is 67.6 Å². The van der Waals surface area contributed by atoms with Crippen molar-refractivity contribution in [3.63, 3.8) is 0 Å². The number of anilines is 2. The molecule has 0 aliphatic heterocycles. The molecule has 4 aromatic rings. The van der Waals surface area contributed by atoms with Crippen molar-refractivity contribution < 1.29 is 9.53 Å². The van der Waals surface area contributed by atoms with Crippen LogP contribution in [0.15, 0.2) is 73.3 Å². The van der Waals surface area contributed by atoms with Gasteiger partial charge in [0.2, 0.25) is 0 Å². The number of urea groups is 1. The summed E-state index contributed by atoms with van der Waals surface area (Å²) in [7, 11) is 3.50. The summed E-state index contributed by atoms with van der Waals surface area (Å²) in [5.74, 6) is 1.51. The number of hydrogen-bond acceptors (Lipinski definition) is 7. The second-order valence-corrected chi connectivity index (χ2v) is 9.88. The molecule has 3 aromatic heterocycles. The monoisotopic (exact) mass is 536 g/mol. The number of hydrogen-bond donors (Lipinski definition) is 2. The fourth-order valence-electron chi connectivity index (χ4n) is 5.02. The first-order valence-corrected chi connectivity index (χ1v) is 13.3. The van der Waals surface area contributed by atoms with Gasteiger partial charge in [-0.15, -0.1) is 0 Å². The predicted octanol–water partition coefficient (Wildman–Crippen LogP) is 4.90. The number of nitrogens with zero attached hydrogens (tertiary/aromatic N) is 6. The molecule has 3 heterocycles. The van der Waals surface area contributed by atoms with Crippen LogP contribution in [0.5, 0.6) is 5.75 Å². The van der Waals surface area contributed by atoms with Crippen molar-refractivity contribution >= 4 is 17.5 Å². The lowest BCUT2D eigenvalue weighted by Gasteiger charge is -2.37. The highest BCUT2D eigenvalue weighted by Gasteiger charge is 2.30. The van der Waals surface area contributed by atoms with E-state index in [1.165, 1.54) is 0 Å². The van der Waals surface area contributed by atoms with Gasteiger partial charge in [-0.3, -0.25) is 14.6 Å². The maximum Gasteiger partial charge on any atom is 0.322 e. The molecule has 10 nitrogen and oxygen atoms in total. The van der Waals surface area contributed by atoms with E-state index in [1.807, 2.05) is 60.6 Å². The van der Waals surface area contributed by atoms with Crippen LogP contribution < -0.4 is 20.3 Å². The van der Waals surface area contributed by atoms with Crippen molar-refractivity contribution in [1.29, 1.82) is 5.26 Å². The molecule has 40 heavy (non-hydrogen) atoms. The third kappa shape index (κ3) is 6.38. The Bertz CT molecular complexity index is 1470. The summed E-state index contributed by atoms with van der Waals surface area (Å²) in [5, 5.41) is 19.8. The van der Waals surface area contributed by atoms with E-state index in [2.05, 4.69) is 31.8 Å². The van der Waals surface area contributed by atoms with Crippen LogP contribution in [-0.4, -0.2) is 45.0 Å². The Morgan fingerprint density at radius 3 is 2.60 bits per heavy atom. The van der Waals surface area contributed by atoms with E-state index in [9.17, 15) is 4.79 Å². The van der Waals surface area contributed by atoms with Crippen LogP contribution in [0.4, 0.5) is 16.3 Å². The van der Waals surface area contributed by atoms with Crippen molar-refractivity contribution in [3.8, 4) is 23.1 Å². The summed E-state index contributed by atoms with van der Waals surface area (Å²) in [4.78, 5) is 24.5. The number of aryl methyl sites for hydroxylation is 1. The Kier molecular flexibility index (Phi) is 8.21. The van der Waals surface area contributed by atoms with Gasteiger partial charge in [0.1, 0.15) is 17.6 Å². The van der Waals surface area contributed by atoms with Gasteiger partial charge in [0, 0.05) is 43.6 Å². The molecule has 1 fully saturated rings. The molecular weight excluding hydrogens is 504 g/mol. The Morgan fingerprint density at radius 2 is 1.95 bits per heavy atom. The second-order valence-electron chi connectivity index (χ2n) is 9.88. The molecule has 1 aliphatic rings. The predicted molar refractivity (Wildman–Crippen MR) is 153 cm³/mol. The lowest BCUT2D eigenvalue weighted by molar-refractivity contribution is 0.240. The van der Waals surface area contributed by atoms with E-state index in [0.717, 1.165) is 59.8 Å². The molecule has 0 atom stereocenters. The third-order valence-corrected chi connectivity index (χ3v) is 7.13. The van der Waals surface area contributed by atoms with Gasteiger partial charge in [0.05, 0.1) is 36.4 Å². The van der Waals surface area contributed by atoms with E-state index in [4.69, 9.17) is 10.00 Å². The van der Waals surface area contributed by atoms with Crippen LogP contribution in [0.25, 0.3) is 11.3 Å². The first-order chi connectivity index (χ1) is 19.5. The van der Waals surface area contributed by atoms with E-state index in [0.29, 0.717) is 12.1 Å². The van der Waals surface area contributed by atoms with E-state index < -0.39 is 0 Å². The average molecular weight is 537 g/mol. The zero-order chi connectivity index (χ0) is 27.9. The molecule has 1 aliphatic carbocycles. The number of rotatable bonds is 8. The Balaban J connectivity index is 1.30. The molecule has 204 valence electrons. The lowest BCUT2D eigenvalue weighted by atomic mass is 9.90. The first-order valence-electron chi connectivity index (χ1n) is 13.3. The molecule has 1 saturated carbocycles. The summed E-state index contributed by atoms with van der Waals surface area (Å²) in [6.45, 7) is 0.384. The molecule has 0 spiro atoms. The van der Waals surface area contributed by atoms with Crippen LogP contribution in [0, 0.1) is 11.3 Å². The van der Waals surface area contributed by atoms with Crippen molar-refractivity contribution in [2.75, 3.05) is 17.3 Å². The largest absolute Gasteiger partial charge is 0.497 e. The molecule has 2 amide bonds. The summed E-state index contributed by atoms with van der Waals surface area (Å²) in [6.07, 6.45) is 10.4. The number of nitrogens with one attached hydrogen (secondary N) is 2. The van der Waals surface area contributed by atoms with Gasteiger partial charge in [-0.2, -0.15) is 10.4 Å². The van der Waals surface area contributed by atoms with Gasteiger partial charge in [-0.1, -0.05) is 12.1 Å². The van der Waals surface area contributed by atoms with Gasteiger partial charge >= 0.3 is 6.03 Å². The van der Waals surface area contributed by atoms with E-state index in [-0.39, 0.29) is 18.1 Å². The zero-order valence-electron chi connectivity index (χ0n) is 22.6. The molecule has 0 bridgehead atoms. The number of nitriles is 1. The molecule has 5 rings (SSSR count). The van der Waals surface area contributed by atoms with Crippen LogP contribution >= 0.6 is 0 Å². The van der Waals surface area contributed by atoms with Gasteiger partial charge in [0.25, 0.3) is 0 Å².